The summed E-state index contributed by atoms with van der Waals surface area (Å²) < 4.78 is 0. The van der Waals surface area contributed by atoms with E-state index >= 15 is 0 Å². The largest absolute Gasteiger partial charge is 0.381 e. The van der Waals surface area contributed by atoms with E-state index < -0.39 is 0 Å². The number of aromatic amines is 1. The van der Waals surface area contributed by atoms with Crippen molar-refractivity contribution in [3.05, 3.63) is 30.0 Å². The third-order valence-corrected chi connectivity index (χ3v) is 5.64. The first-order valence-electron chi connectivity index (χ1n) is 9.48. The van der Waals surface area contributed by atoms with E-state index in [9.17, 15) is 4.79 Å². The average molecular weight is 340 g/mol. The van der Waals surface area contributed by atoms with Gasteiger partial charge in [-0.15, -0.1) is 0 Å². The summed E-state index contributed by atoms with van der Waals surface area (Å²) in [4.78, 5) is 18.4. The van der Waals surface area contributed by atoms with Crippen LogP contribution in [-0.2, 0) is 0 Å². The minimum absolute atomic E-state index is 0.117. The van der Waals surface area contributed by atoms with E-state index in [1.807, 2.05) is 6.07 Å². The molecule has 0 spiro atoms. The quantitative estimate of drug-likeness (QED) is 0.733. The molecule has 2 aliphatic heterocycles. The van der Waals surface area contributed by atoms with Crippen LogP contribution < -0.4 is 10.6 Å². The summed E-state index contributed by atoms with van der Waals surface area (Å²) >= 11 is 0. The van der Waals surface area contributed by atoms with Crippen molar-refractivity contribution in [1.29, 1.82) is 0 Å². The molecule has 5 nitrogen and oxygen atoms in total. The molecular formula is C20H28N4O. The van der Waals surface area contributed by atoms with Crippen LogP contribution in [0, 0.1) is 5.92 Å². The number of nitrogens with one attached hydrogen (secondary N) is 3. The Kier molecular flexibility index (Phi) is 4.52. The third kappa shape index (κ3) is 3.44. The molecule has 4 rings (SSSR count). The van der Waals surface area contributed by atoms with Crippen molar-refractivity contribution in [2.45, 2.75) is 38.8 Å². The first kappa shape index (κ1) is 16.6. The number of benzene rings is 1. The van der Waals surface area contributed by atoms with Crippen LogP contribution >= 0.6 is 0 Å². The molecule has 2 fully saturated rings. The second kappa shape index (κ2) is 6.81. The number of aromatic nitrogens is 1. The number of likely N-dealkylation sites (tertiary alicyclic amines) is 1. The van der Waals surface area contributed by atoms with Gasteiger partial charge >= 0.3 is 0 Å². The number of hydrogen-bond donors (Lipinski definition) is 3. The highest BCUT2D eigenvalue weighted by Gasteiger charge is 2.25. The molecular weight excluding hydrogens is 312 g/mol. The molecule has 25 heavy (non-hydrogen) atoms. The van der Waals surface area contributed by atoms with Crippen LogP contribution in [0.1, 0.15) is 37.2 Å². The van der Waals surface area contributed by atoms with Crippen LogP contribution in [0.5, 0.6) is 0 Å². The van der Waals surface area contributed by atoms with Crippen LogP contribution in [0.3, 0.4) is 0 Å². The summed E-state index contributed by atoms with van der Waals surface area (Å²) in [7, 11) is 0. The van der Waals surface area contributed by atoms with Crippen molar-refractivity contribution in [2.75, 3.05) is 31.5 Å². The Balaban J connectivity index is 1.48. The lowest BCUT2D eigenvalue weighted by Crippen LogP contribution is -2.31. The van der Waals surface area contributed by atoms with Crippen molar-refractivity contribution >= 4 is 22.4 Å². The zero-order chi connectivity index (χ0) is 17.4. The summed E-state index contributed by atoms with van der Waals surface area (Å²) in [6, 6.07) is 9.48. The Morgan fingerprint density at radius 1 is 1.28 bits per heavy atom. The summed E-state index contributed by atoms with van der Waals surface area (Å²) in [5.41, 5.74) is 2.92. The molecule has 0 amide bonds. The summed E-state index contributed by atoms with van der Waals surface area (Å²) in [5, 5.41) is 8.04. The van der Waals surface area contributed by atoms with Crippen LogP contribution in [0.15, 0.2) is 24.3 Å². The van der Waals surface area contributed by atoms with Gasteiger partial charge in [-0.05, 0) is 57.5 Å². The zero-order valence-corrected chi connectivity index (χ0v) is 15.1. The lowest BCUT2D eigenvalue weighted by atomic mass is 10.0. The predicted octanol–water partition coefficient (Wildman–Crippen LogP) is 2.85. The maximum atomic E-state index is 12.6. The third-order valence-electron chi connectivity index (χ3n) is 5.64. The molecule has 2 saturated heterocycles. The van der Waals surface area contributed by atoms with Gasteiger partial charge in [-0.2, -0.15) is 0 Å². The summed E-state index contributed by atoms with van der Waals surface area (Å²) in [6.07, 6.45) is 2.12. The molecule has 1 aromatic heterocycles. The Hall–Kier alpha value is -1.85. The van der Waals surface area contributed by atoms with Gasteiger partial charge < -0.3 is 15.6 Å². The lowest BCUT2D eigenvalue weighted by molar-refractivity contribution is 0.0926. The number of fused-ring (bicyclic) bond motifs is 1. The molecule has 0 radical (unpaired) electrons. The first-order chi connectivity index (χ1) is 12.1. The lowest BCUT2D eigenvalue weighted by Gasteiger charge is -2.20. The second-order valence-corrected chi connectivity index (χ2v) is 7.76. The number of carbonyl (C=O) groups is 1. The van der Waals surface area contributed by atoms with Crippen molar-refractivity contribution < 1.29 is 4.79 Å². The number of H-pyrrole nitrogens is 1. The maximum absolute atomic E-state index is 12.6. The van der Waals surface area contributed by atoms with E-state index in [1.54, 1.807) is 0 Å². The number of anilines is 1. The highest BCUT2D eigenvalue weighted by atomic mass is 16.1. The van der Waals surface area contributed by atoms with Crippen molar-refractivity contribution in [3.8, 4) is 0 Å². The van der Waals surface area contributed by atoms with E-state index in [0.29, 0.717) is 12.1 Å². The molecule has 2 atom stereocenters. The number of nitrogens with zero attached hydrogens (tertiary/aromatic N) is 1. The fraction of sp³-hybridized carbons (Fsp3) is 0.550. The van der Waals surface area contributed by atoms with Gasteiger partial charge in [0.15, 0.2) is 5.78 Å². The molecule has 5 heteroatoms. The molecule has 2 unspecified atom stereocenters. The number of hydrogen-bond acceptors (Lipinski definition) is 4. The van der Waals surface area contributed by atoms with Gasteiger partial charge in [-0.1, -0.05) is 0 Å². The Morgan fingerprint density at radius 3 is 2.88 bits per heavy atom. The van der Waals surface area contributed by atoms with Gasteiger partial charge in [0.1, 0.15) is 0 Å². The second-order valence-electron chi connectivity index (χ2n) is 7.76. The molecule has 2 aliphatic rings. The smallest absolute Gasteiger partial charge is 0.183 e. The first-order valence-corrected chi connectivity index (χ1v) is 9.48. The van der Waals surface area contributed by atoms with Gasteiger partial charge in [-0.25, -0.2) is 0 Å². The predicted molar refractivity (Wildman–Crippen MR) is 102 cm³/mol. The van der Waals surface area contributed by atoms with Gasteiger partial charge in [0.2, 0.25) is 0 Å². The molecule has 1 aromatic carbocycles. The minimum atomic E-state index is 0.117. The zero-order valence-electron chi connectivity index (χ0n) is 15.1. The van der Waals surface area contributed by atoms with Gasteiger partial charge in [0.05, 0.1) is 5.69 Å². The van der Waals surface area contributed by atoms with Crippen molar-refractivity contribution in [1.82, 2.24) is 15.2 Å². The highest BCUT2D eigenvalue weighted by Crippen LogP contribution is 2.25. The number of ketones is 1. The van der Waals surface area contributed by atoms with Gasteiger partial charge in [-0.3, -0.25) is 9.69 Å². The number of carbonyl (C=O) groups excluding carboxylic acids is 1. The maximum Gasteiger partial charge on any atom is 0.183 e. The Morgan fingerprint density at radius 2 is 2.16 bits per heavy atom. The van der Waals surface area contributed by atoms with Crippen molar-refractivity contribution in [3.63, 3.8) is 0 Å². The Labute approximate surface area is 149 Å². The monoisotopic (exact) mass is 340 g/mol. The highest BCUT2D eigenvalue weighted by molar-refractivity contribution is 6.01. The molecule has 3 N–H and O–H groups in total. The molecule has 0 bridgehead atoms. The summed E-state index contributed by atoms with van der Waals surface area (Å²) in [6.45, 7) is 8.52. The number of Topliss-reactive ketones (excluding diaryl/α,β-unsaturated/α-hetero) is 1. The van der Waals surface area contributed by atoms with E-state index in [-0.39, 0.29) is 11.7 Å². The van der Waals surface area contributed by atoms with E-state index in [1.165, 1.54) is 6.42 Å². The molecule has 134 valence electrons. The van der Waals surface area contributed by atoms with Crippen LogP contribution in [-0.4, -0.2) is 53.9 Å². The van der Waals surface area contributed by atoms with Crippen LogP contribution in [0.4, 0.5) is 5.69 Å². The van der Waals surface area contributed by atoms with Crippen LogP contribution in [0.2, 0.25) is 0 Å². The minimum Gasteiger partial charge on any atom is -0.381 e. The molecule has 0 aliphatic carbocycles. The molecule has 0 saturated carbocycles. The van der Waals surface area contributed by atoms with Crippen LogP contribution in [0.25, 0.3) is 10.9 Å². The fourth-order valence-electron chi connectivity index (χ4n) is 4.06. The summed E-state index contributed by atoms with van der Waals surface area (Å²) in [5.74, 6) is 0.352. The normalized spacial score (nSPS) is 24.4. The van der Waals surface area contributed by atoms with E-state index in [2.05, 4.69) is 52.6 Å². The van der Waals surface area contributed by atoms with Gasteiger partial charge in [0, 0.05) is 54.2 Å². The Bertz CT molecular complexity index is 760. The molecule has 2 aromatic rings. The standard InChI is InChI=1S/C20H28N4O/c1-13(2)24-8-6-17(12-24)22-16-3-4-18-15(9-16)10-19(23-18)20(25)14-5-7-21-11-14/h3-4,9-10,13-14,17,21-23H,5-8,11-12H2,1-2H3. The SMILES string of the molecule is CC(C)N1CCC(Nc2ccc3[nH]c(C(=O)C4CCNC4)cc3c2)C1. The van der Waals surface area contributed by atoms with E-state index in [0.717, 1.165) is 54.9 Å². The van der Waals surface area contributed by atoms with Gasteiger partial charge in [0.25, 0.3) is 0 Å². The van der Waals surface area contributed by atoms with E-state index in [4.69, 9.17) is 0 Å². The van der Waals surface area contributed by atoms with Crippen molar-refractivity contribution in [2.24, 2.45) is 5.92 Å². The number of rotatable bonds is 5. The fourth-order valence-corrected chi connectivity index (χ4v) is 4.06. The average Bonchev–Trinajstić information content (AvgIpc) is 3.34. The topological polar surface area (TPSA) is 60.2 Å². The molecule has 3 heterocycles.